The Bertz CT molecular complexity index is 627. The molecule has 22 heavy (non-hydrogen) atoms. The third-order valence-corrected chi connectivity index (χ3v) is 6.42. The van der Waals surface area contributed by atoms with Gasteiger partial charge in [0.1, 0.15) is 5.75 Å². The molecule has 1 saturated carbocycles. The maximum absolute atomic E-state index is 12.6. The van der Waals surface area contributed by atoms with Gasteiger partial charge in [-0.1, -0.05) is 25.0 Å². The predicted octanol–water partition coefficient (Wildman–Crippen LogP) is 1.93. The Morgan fingerprint density at radius 1 is 1.36 bits per heavy atom. The van der Waals surface area contributed by atoms with Crippen molar-refractivity contribution in [3.8, 4) is 5.75 Å². The maximum Gasteiger partial charge on any atom is 0.214 e. The van der Waals surface area contributed by atoms with Crippen molar-refractivity contribution in [2.24, 2.45) is 5.92 Å². The van der Waals surface area contributed by atoms with Crippen LogP contribution in [0.3, 0.4) is 0 Å². The summed E-state index contributed by atoms with van der Waals surface area (Å²) in [5.41, 5.74) is 0.880. The molecule has 1 aromatic carbocycles. The van der Waals surface area contributed by atoms with E-state index in [4.69, 9.17) is 4.74 Å². The van der Waals surface area contributed by atoms with E-state index < -0.39 is 16.1 Å². The van der Waals surface area contributed by atoms with Crippen molar-refractivity contribution in [2.75, 3.05) is 19.4 Å². The Labute approximate surface area is 131 Å². The van der Waals surface area contributed by atoms with Crippen LogP contribution in [0, 0.1) is 5.92 Å². The first-order valence-electron chi connectivity index (χ1n) is 7.81. The lowest BCUT2D eigenvalue weighted by molar-refractivity contribution is 0.188. The van der Waals surface area contributed by atoms with Crippen molar-refractivity contribution in [3.63, 3.8) is 0 Å². The van der Waals surface area contributed by atoms with Crippen LogP contribution in [0.2, 0.25) is 0 Å². The molecule has 3 rings (SSSR count). The Balaban J connectivity index is 1.81. The van der Waals surface area contributed by atoms with Crippen LogP contribution in [0.5, 0.6) is 5.75 Å². The van der Waals surface area contributed by atoms with Crippen LogP contribution < -0.4 is 4.74 Å². The lowest BCUT2D eigenvalue weighted by Gasteiger charge is -2.24. The molecule has 1 N–H and O–H groups in total. The summed E-state index contributed by atoms with van der Waals surface area (Å²) < 4.78 is 32.0. The van der Waals surface area contributed by atoms with E-state index in [1.165, 1.54) is 4.31 Å². The highest BCUT2D eigenvalue weighted by molar-refractivity contribution is 7.89. The number of aliphatic hydroxyl groups is 1. The molecule has 6 heteroatoms. The minimum atomic E-state index is -3.33. The molecule has 1 aliphatic carbocycles. The number of nitrogens with zero attached hydrogens (tertiary/aromatic N) is 1. The molecule has 5 nitrogen and oxygen atoms in total. The van der Waals surface area contributed by atoms with Gasteiger partial charge in [-0.05, 0) is 36.5 Å². The van der Waals surface area contributed by atoms with Gasteiger partial charge in [0.2, 0.25) is 10.0 Å². The van der Waals surface area contributed by atoms with Crippen LogP contribution in [0.15, 0.2) is 24.3 Å². The van der Waals surface area contributed by atoms with Crippen LogP contribution in [0.1, 0.15) is 37.3 Å². The molecule has 1 aliphatic heterocycles. The van der Waals surface area contributed by atoms with E-state index in [1.54, 1.807) is 7.11 Å². The monoisotopic (exact) mass is 325 g/mol. The van der Waals surface area contributed by atoms with Crippen molar-refractivity contribution in [3.05, 3.63) is 29.8 Å². The number of hydrogen-bond acceptors (Lipinski definition) is 4. The van der Waals surface area contributed by atoms with Gasteiger partial charge in [-0.3, -0.25) is 0 Å². The molecule has 1 heterocycles. The lowest BCUT2D eigenvalue weighted by atomic mass is 10.0. The first-order chi connectivity index (χ1) is 10.5. The van der Waals surface area contributed by atoms with Gasteiger partial charge >= 0.3 is 0 Å². The van der Waals surface area contributed by atoms with E-state index in [-0.39, 0.29) is 18.3 Å². The molecular weight excluding hydrogens is 302 g/mol. The molecule has 2 atom stereocenters. The SMILES string of the molecule is COc1cccc([C@H]2C[C@@H](O)CN2S(=O)(=O)CCC2CC2)c1. The second-order valence-corrected chi connectivity index (χ2v) is 8.34. The van der Waals surface area contributed by atoms with Gasteiger partial charge in [0.25, 0.3) is 0 Å². The second-order valence-electron chi connectivity index (χ2n) is 6.30. The largest absolute Gasteiger partial charge is 0.497 e. The highest BCUT2D eigenvalue weighted by atomic mass is 32.2. The third-order valence-electron chi connectivity index (χ3n) is 4.55. The molecule has 0 spiro atoms. The fraction of sp³-hybridized carbons (Fsp3) is 0.625. The number of sulfonamides is 1. The zero-order valence-electron chi connectivity index (χ0n) is 12.8. The molecule has 1 saturated heterocycles. The lowest BCUT2D eigenvalue weighted by Crippen LogP contribution is -2.33. The summed E-state index contributed by atoms with van der Waals surface area (Å²) in [6.45, 7) is 0.189. The van der Waals surface area contributed by atoms with Crippen molar-refractivity contribution in [1.29, 1.82) is 0 Å². The Hall–Kier alpha value is -1.11. The molecule has 122 valence electrons. The number of hydrogen-bond donors (Lipinski definition) is 1. The van der Waals surface area contributed by atoms with Crippen molar-refractivity contribution in [2.45, 2.75) is 37.8 Å². The normalized spacial score (nSPS) is 26.3. The van der Waals surface area contributed by atoms with Gasteiger partial charge in [-0.15, -0.1) is 0 Å². The Morgan fingerprint density at radius 2 is 2.14 bits per heavy atom. The number of methoxy groups -OCH3 is 1. The van der Waals surface area contributed by atoms with Gasteiger partial charge in [-0.2, -0.15) is 4.31 Å². The molecule has 0 unspecified atom stereocenters. The Kier molecular flexibility index (Phi) is 4.43. The maximum atomic E-state index is 12.6. The summed E-state index contributed by atoms with van der Waals surface area (Å²) in [5, 5.41) is 9.97. The first kappa shape index (κ1) is 15.8. The number of ether oxygens (including phenoxy) is 1. The molecule has 2 aliphatic rings. The van der Waals surface area contributed by atoms with Crippen LogP contribution in [-0.2, 0) is 10.0 Å². The molecule has 0 aromatic heterocycles. The van der Waals surface area contributed by atoms with Crippen LogP contribution in [-0.4, -0.2) is 43.3 Å². The minimum Gasteiger partial charge on any atom is -0.497 e. The van der Waals surface area contributed by atoms with E-state index in [2.05, 4.69) is 0 Å². The molecular formula is C16H23NO4S. The second kappa shape index (κ2) is 6.18. The number of β-amino-alcohol motifs (C(OH)–C–C–N with tert-alkyl or cyclic N) is 1. The zero-order chi connectivity index (χ0) is 15.7. The Morgan fingerprint density at radius 3 is 2.82 bits per heavy atom. The van der Waals surface area contributed by atoms with E-state index in [1.807, 2.05) is 24.3 Å². The summed E-state index contributed by atoms with van der Waals surface area (Å²) >= 11 is 0. The van der Waals surface area contributed by atoms with Gasteiger partial charge in [0.05, 0.1) is 25.0 Å². The minimum absolute atomic E-state index is 0.185. The quantitative estimate of drug-likeness (QED) is 0.868. The molecule has 0 radical (unpaired) electrons. The number of benzene rings is 1. The smallest absolute Gasteiger partial charge is 0.214 e. The fourth-order valence-electron chi connectivity index (χ4n) is 3.08. The van der Waals surface area contributed by atoms with Gasteiger partial charge < -0.3 is 9.84 Å². The van der Waals surface area contributed by atoms with E-state index >= 15 is 0 Å². The standard InChI is InChI=1S/C16H23NO4S/c1-21-15-4-2-3-13(9-15)16-10-14(18)11-17(16)22(19,20)8-7-12-5-6-12/h2-4,9,12,14,16,18H,5-8,10-11H2,1H3/t14-,16-/m1/s1. The van der Waals surface area contributed by atoms with Crippen molar-refractivity contribution >= 4 is 10.0 Å². The van der Waals surface area contributed by atoms with Gasteiger partial charge in [-0.25, -0.2) is 8.42 Å². The van der Waals surface area contributed by atoms with E-state index in [0.29, 0.717) is 18.1 Å². The van der Waals surface area contributed by atoms with Crippen molar-refractivity contribution in [1.82, 2.24) is 4.31 Å². The highest BCUT2D eigenvalue weighted by Gasteiger charge is 2.40. The summed E-state index contributed by atoms with van der Waals surface area (Å²) in [4.78, 5) is 0. The average Bonchev–Trinajstić information content (AvgIpc) is 3.26. The number of rotatable bonds is 6. The van der Waals surface area contributed by atoms with E-state index in [9.17, 15) is 13.5 Å². The zero-order valence-corrected chi connectivity index (χ0v) is 13.6. The molecule has 0 bridgehead atoms. The van der Waals surface area contributed by atoms with Crippen LogP contribution >= 0.6 is 0 Å². The fourth-order valence-corrected chi connectivity index (χ4v) is 4.94. The predicted molar refractivity (Wildman–Crippen MR) is 84.2 cm³/mol. The molecule has 1 aromatic rings. The van der Waals surface area contributed by atoms with E-state index in [0.717, 1.165) is 24.8 Å². The molecule has 2 fully saturated rings. The number of aliphatic hydroxyl groups excluding tert-OH is 1. The van der Waals surface area contributed by atoms with Gasteiger partial charge in [0.15, 0.2) is 0 Å². The first-order valence-corrected chi connectivity index (χ1v) is 9.42. The molecule has 0 amide bonds. The topological polar surface area (TPSA) is 66.8 Å². The van der Waals surface area contributed by atoms with Crippen LogP contribution in [0.4, 0.5) is 0 Å². The summed E-state index contributed by atoms with van der Waals surface area (Å²) in [5.74, 6) is 1.47. The van der Waals surface area contributed by atoms with Gasteiger partial charge in [0, 0.05) is 6.54 Å². The third kappa shape index (κ3) is 3.45. The summed E-state index contributed by atoms with van der Waals surface area (Å²) in [7, 11) is -1.74. The highest BCUT2D eigenvalue weighted by Crippen LogP contribution is 2.38. The van der Waals surface area contributed by atoms with Crippen molar-refractivity contribution < 1.29 is 18.3 Å². The average molecular weight is 325 g/mol. The van der Waals surface area contributed by atoms with Crippen LogP contribution in [0.25, 0.3) is 0 Å². The summed E-state index contributed by atoms with van der Waals surface area (Å²) in [6.07, 6.45) is 2.87. The summed E-state index contributed by atoms with van der Waals surface area (Å²) in [6, 6.07) is 7.14.